The van der Waals surface area contributed by atoms with Gasteiger partial charge in [0.1, 0.15) is 5.82 Å². The third-order valence-corrected chi connectivity index (χ3v) is 3.12. The number of hydrogen-bond acceptors (Lipinski definition) is 2. The van der Waals surface area contributed by atoms with Crippen LogP contribution in [0.3, 0.4) is 0 Å². The van der Waals surface area contributed by atoms with Gasteiger partial charge < -0.3 is 9.30 Å². The van der Waals surface area contributed by atoms with Crippen molar-refractivity contribution in [3.8, 4) is 0 Å². The second-order valence-electron chi connectivity index (χ2n) is 4.42. The molecule has 1 aromatic rings. The summed E-state index contributed by atoms with van der Waals surface area (Å²) in [6.45, 7) is 4.26. The summed E-state index contributed by atoms with van der Waals surface area (Å²) < 4.78 is 7.38. The van der Waals surface area contributed by atoms with Crippen LogP contribution in [0.25, 0.3) is 0 Å². The Hall–Kier alpha value is -0.830. The van der Waals surface area contributed by atoms with E-state index in [4.69, 9.17) is 9.72 Å². The Morgan fingerprint density at radius 2 is 2.47 bits per heavy atom. The first-order valence-corrected chi connectivity index (χ1v) is 5.86. The molecule has 3 nitrogen and oxygen atoms in total. The van der Waals surface area contributed by atoms with Gasteiger partial charge in [0, 0.05) is 32.4 Å². The Balaban J connectivity index is 2.01. The maximum Gasteiger partial charge on any atom is 0.111 e. The second kappa shape index (κ2) is 4.79. The van der Waals surface area contributed by atoms with E-state index in [1.54, 1.807) is 7.11 Å². The minimum Gasteiger partial charge on any atom is -0.385 e. The summed E-state index contributed by atoms with van der Waals surface area (Å²) in [5.41, 5.74) is 1.23. The maximum atomic E-state index is 5.05. The Kier molecular flexibility index (Phi) is 3.41. The minimum atomic E-state index is 0.634. The summed E-state index contributed by atoms with van der Waals surface area (Å²) in [4.78, 5) is 4.71. The third kappa shape index (κ3) is 2.40. The molecule has 1 aromatic heterocycles. The van der Waals surface area contributed by atoms with Crippen molar-refractivity contribution in [3.05, 3.63) is 17.7 Å². The van der Waals surface area contributed by atoms with E-state index in [0.29, 0.717) is 5.92 Å². The normalized spacial score (nSPS) is 20.3. The van der Waals surface area contributed by atoms with Gasteiger partial charge >= 0.3 is 0 Å². The van der Waals surface area contributed by atoms with Crippen molar-refractivity contribution in [2.75, 3.05) is 13.7 Å². The number of imidazole rings is 1. The van der Waals surface area contributed by atoms with E-state index < -0.39 is 0 Å². The molecule has 0 aromatic carbocycles. The molecular weight excluding hydrogens is 188 g/mol. The first kappa shape index (κ1) is 10.7. The highest BCUT2D eigenvalue weighted by Crippen LogP contribution is 2.26. The molecule has 0 N–H and O–H groups in total. The first-order valence-electron chi connectivity index (χ1n) is 5.86. The molecule has 0 radical (unpaired) electrons. The fraction of sp³-hybridized carbons (Fsp3) is 0.750. The monoisotopic (exact) mass is 208 g/mol. The number of aryl methyl sites for hydroxylation is 2. The second-order valence-corrected chi connectivity index (χ2v) is 4.42. The van der Waals surface area contributed by atoms with Gasteiger partial charge in [0.2, 0.25) is 0 Å². The highest BCUT2D eigenvalue weighted by molar-refractivity contribution is 5.09. The molecule has 0 bridgehead atoms. The van der Waals surface area contributed by atoms with Crippen LogP contribution >= 0.6 is 0 Å². The predicted molar refractivity (Wildman–Crippen MR) is 60.1 cm³/mol. The zero-order chi connectivity index (χ0) is 10.7. The van der Waals surface area contributed by atoms with Crippen molar-refractivity contribution < 1.29 is 4.74 Å². The van der Waals surface area contributed by atoms with Crippen LogP contribution in [0.1, 0.15) is 43.6 Å². The summed E-state index contributed by atoms with van der Waals surface area (Å²) in [6.07, 6.45) is 6.92. The Labute approximate surface area is 91.5 Å². The van der Waals surface area contributed by atoms with Crippen LogP contribution < -0.4 is 0 Å². The van der Waals surface area contributed by atoms with Crippen LogP contribution in [0, 0.1) is 0 Å². The topological polar surface area (TPSA) is 27.1 Å². The van der Waals surface area contributed by atoms with Gasteiger partial charge in [-0.2, -0.15) is 0 Å². The van der Waals surface area contributed by atoms with E-state index in [1.807, 2.05) is 0 Å². The standard InChI is InChI=1S/C12H20N2O/c1-10-5-3-7-14-9-11(13-12(10)14)6-4-8-15-2/h9-10H,3-8H2,1-2H3. The van der Waals surface area contributed by atoms with Gasteiger partial charge in [-0.05, 0) is 25.7 Å². The molecule has 3 heteroatoms. The molecule has 1 unspecified atom stereocenters. The van der Waals surface area contributed by atoms with Crippen molar-refractivity contribution in [3.63, 3.8) is 0 Å². The molecular formula is C12H20N2O. The zero-order valence-electron chi connectivity index (χ0n) is 9.70. The zero-order valence-corrected chi connectivity index (χ0v) is 9.70. The number of nitrogens with zero attached hydrogens (tertiary/aromatic N) is 2. The fourth-order valence-corrected chi connectivity index (χ4v) is 2.27. The van der Waals surface area contributed by atoms with Crippen LogP contribution in [0.5, 0.6) is 0 Å². The Morgan fingerprint density at radius 1 is 1.60 bits per heavy atom. The number of hydrogen-bond donors (Lipinski definition) is 0. The molecule has 0 fully saturated rings. The van der Waals surface area contributed by atoms with Crippen molar-refractivity contribution in [2.45, 2.75) is 45.1 Å². The van der Waals surface area contributed by atoms with Gasteiger partial charge in [0.25, 0.3) is 0 Å². The highest BCUT2D eigenvalue weighted by Gasteiger charge is 2.18. The van der Waals surface area contributed by atoms with E-state index in [1.165, 1.54) is 24.4 Å². The lowest BCUT2D eigenvalue weighted by atomic mass is 10.0. The van der Waals surface area contributed by atoms with Crippen molar-refractivity contribution in [2.24, 2.45) is 0 Å². The van der Waals surface area contributed by atoms with Crippen LogP contribution in [0.15, 0.2) is 6.20 Å². The predicted octanol–water partition coefficient (Wildman–Crippen LogP) is 2.36. The van der Waals surface area contributed by atoms with Crippen molar-refractivity contribution in [1.82, 2.24) is 9.55 Å². The molecule has 0 saturated heterocycles. The molecule has 1 aliphatic heterocycles. The average Bonchev–Trinajstić information content (AvgIpc) is 2.63. The minimum absolute atomic E-state index is 0.634. The smallest absolute Gasteiger partial charge is 0.111 e. The first-order chi connectivity index (χ1) is 7.31. The number of fused-ring (bicyclic) bond motifs is 1. The van der Waals surface area contributed by atoms with Gasteiger partial charge in [0.15, 0.2) is 0 Å². The molecule has 84 valence electrons. The van der Waals surface area contributed by atoms with Crippen LogP contribution in [0.4, 0.5) is 0 Å². The van der Waals surface area contributed by atoms with E-state index >= 15 is 0 Å². The summed E-state index contributed by atoms with van der Waals surface area (Å²) in [6, 6.07) is 0. The SMILES string of the molecule is COCCCc1cn2c(n1)C(C)CCC2. The lowest BCUT2D eigenvalue weighted by molar-refractivity contribution is 0.195. The third-order valence-electron chi connectivity index (χ3n) is 3.12. The lowest BCUT2D eigenvalue weighted by Gasteiger charge is -2.19. The highest BCUT2D eigenvalue weighted by atomic mass is 16.5. The maximum absolute atomic E-state index is 5.05. The molecule has 2 rings (SSSR count). The van der Waals surface area contributed by atoms with E-state index in [-0.39, 0.29) is 0 Å². The molecule has 15 heavy (non-hydrogen) atoms. The van der Waals surface area contributed by atoms with E-state index in [2.05, 4.69) is 17.7 Å². The number of methoxy groups -OCH3 is 1. The molecule has 1 aliphatic rings. The van der Waals surface area contributed by atoms with Gasteiger partial charge in [-0.1, -0.05) is 6.92 Å². The van der Waals surface area contributed by atoms with Crippen LogP contribution in [0.2, 0.25) is 0 Å². The fourth-order valence-electron chi connectivity index (χ4n) is 2.27. The summed E-state index contributed by atoms with van der Waals surface area (Å²) in [5.74, 6) is 1.92. The van der Waals surface area contributed by atoms with E-state index in [9.17, 15) is 0 Å². The Morgan fingerprint density at radius 3 is 3.20 bits per heavy atom. The van der Waals surface area contributed by atoms with Gasteiger partial charge in [-0.15, -0.1) is 0 Å². The molecule has 0 spiro atoms. The van der Waals surface area contributed by atoms with Crippen molar-refractivity contribution in [1.29, 1.82) is 0 Å². The molecule has 2 heterocycles. The quantitative estimate of drug-likeness (QED) is 0.710. The lowest BCUT2D eigenvalue weighted by Crippen LogP contribution is -2.12. The van der Waals surface area contributed by atoms with Crippen LogP contribution in [-0.4, -0.2) is 23.3 Å². The molecule has 0 amide bonds. The van der Waals surface area contributed by atoms with Gasteiger partial charge in [0.05, 0.1) is 5.69 Å². The van der Waals surface area contributed by atoms with E-state index in [0.717, 1.165) is 26.0 Å². The summed E-state index contributed by atoms with van der Waals surface area (Å²) >= 11 is 0. The summed E-state index contributed by atoms with van der Waals surface area (Å²) in [5, 5.41) is 0. The largest absolute Gasteiger partial charge is 0.385 e. The molecule has 1 atom stereocenters. The van der Waals surface area contributed by atoms with Crippen LogP contribution in [-0.2, 0) is 17.7 Å². The summed E-state index contributed by atoms with van der Waals surface area (Å²) in [7, 11) is 1.75. The van der Waals surface area contributed by atoms with Gasteiger partial charge in [-0.25, -0.2) is 4.98 Å². The Bertz CT molecular complexity index is 319. The number of ether oxygens (including phenoxy) is 1. The van der Waals surface area contributed by atoms with Gasteiger partial charge in [-0.3, -0.25) is 0 Å². The molecule has 0 saturated carbocycles. The number of rotatable bonds is 4. The number of aromatic nitrogens is 2. The van der Waals surface area contributed by atoms with Crippen molar-refractivity contribution >= 4 is 0 Å². The molecule has 0 aliphatic carbocycles. The average molecular weight is 208 g/mol.